The molecule has 2 rings (SSSR count). The Morgan fingerprint density at radius 2 is 2.47 bits per heavy atom. The molecule has 1 aromatic heterocycles. The normalized spacial score (nSPS) is 25.9. The third-order valence-corrected chi connectivity index (χ3v) is 3.62. The highest BCUT2D eigenvalue weighted by atomic mass is 16.4. The van der Waals surface area contributed by atoms with E-state index in [9.17, 15) is 9.90 Å². The van der Waals surface area contributed by atoms with Crippen LogP contribution >= 0.6 is 0 Å². The van der Waals surface area contributed by atoms with E-state index < -0.39 is 5.97 Å². The molecule has 4 nitrogen and oxygen atoms in total. The molecular weight excluding hydrogens is 218 g/mol. The van der Waals surface area contributed by atoms with Crippen molar-refractivity contribution in [2.24, 2.45) is 5.92 Å². The predicted molar refractivity (Wildman–Crippen MR) is 63.6 cm³/mol. The van der Waals surface area contributed by atoms with Gasteiger partial charge in [0.2, 0.25) is 0 Å². The molecule has 94 valence electrons. The Hall–Kier alpha value is -1.29. The molecule has 0 aromatic carbocycles. The maximum Gasteiger partial charge on any atom is 0.320 e. The van der Waals surface area contributed by atoms with Crippen LogP contribution in [0.5, 0.6) is 0 Å². The molecule has 1 saturated heterocycles. The summed E-state index contributed by atoms with van der Waals surface area (Å²) in [5, 5.41) is 9.28. The van der Waals surface area contributed by atoms with Gasteiger partial charge in [0, 0.05) is 0 Å². The minimum absolute atomic E-state index is 0.362. The van der Waals surface area contributed by atoms with Crippen LogP contribution in [0, 0.1) is 5.92 Å². The molecule has 17 heavy (non-hydrogen) atoms. The summed E-state index contributed by atoms with van der Waals surface area (Å²) >= 11 is 0. The van der Waals surface area contributed by atoms with Gasteiger partial charge >= 0.3 is 5.97 Å². The summed E-state index contributed by atoms with van der Waals surface area (Å²) in [6.45, 7) is 3.57. The van der Waals surface area contributed by atoms with Gasteiger partial charge in [-0.25, -0.2) is 0 Å². The van der Waals surface area contributed by atoms with Gasteiger partial charge in [0.15, 0.2) is 0 Å². The molecule has 0 spiro atoms. The number of aliphatic carboxylic acids is 1. The second-order valence-corrected chi connectivity index (χ2v) is 4.70. The van der Waals surface area contributed by atoms with Gasteiger partial charge in [-0.05, 0) is 37.4 Å². The smallest absolute Gasteiger partial charge is 0.320 e. The zero-order chi connectivity index (χ0) is 12.3. The minimum atomic E-state index is -0.713. The summed E-state index contributed by atoms with van der Waals surface area (Å²) in [4.78, 5) is 13.3. The minimum Gasteiger partial charge on any atom is -0.480 e. The zero-order valence-corrected chi connectivity index (χ0v) is 10.1. The Kier molecular flexibility index (Phi) is 3.84. The average molecular weight is 237 g/mol. The van der Waals surface area contributed by atoms with Gasteiger partial charge in [-0.15, -0.1) is 0 Å². The van der Waals surface area contributed by atoms with E-state index in [1.807, 2.05) is 17.0 Å². The van der Waals surface area contributed by atoms with Gasteiger partial charge in [-0.1, -0.05) is 13.3 Å². The molecule has 4 heteroatoms. The lowest BCUT2D eigenvalue weighted by Gasteiger charge is -2.36. The van der Waals surface area contributed by atoms with E-state index in [0.717, 1.165) is 31.6 Å². The predicted octanol–water partition coefficient (Wildman–Crippen LogP) is 2.35. The van der Waals surface area contributed by atoms with Crippen molar-refractivity contribution in [1.29, 1.82) is 0 Å². The Morgan fingerprint density at radius 3 is 3.06 bits per heavy atom. The number of furan rings is 1. The van der Waals surface area contributed by atoms with Gasteiger partial charge in [-0.3, -0.25) is 9.69 Å². The molecular formula is C13H19NO3. The van der Waals surface area contributed by atoms with E-state index in [2.05, 4.69) is 6.92 Å². The molecule has 2 atom stereocenters. The van der Waals surface area contributed by atoms with Crippen molar-refractivity contribution in [2.75, 3.05) is 6.54 Å². The third-order valence-electron chi connectivity index (χ3n) is 3.62. The van der Waals surface area contributed by atoms with Crippen LogP contribution in [-0.2, 0) is 11.3 Å². The first-order valence-corrected chi connectivity index (χ1v) is 6.20. The first kappa shape index (κ1) is 12.2. The molecule has 1 aliphatic rings. The number of carboxylic acid groups (broad SMARTS) is 1. The van der Waals surface area contributed by atoms with Crippen molar-refractivity contribution >= 4 is 5.97 Å². The maximum absolute atomic E-state index is 11.3. The van der Waals surface area contributed by atoms with E-state index in [1.54, 1.807) is 6.26 Å². The molecule has 1 N–H and O–H groups in total. The lowest BCUT2D eigenvalue weighted by atomic mass is 9.89. The van der Waals surface area contributed by atoms with E-state index >= 15 is 0 Å². The van der Waals surface area contributed by atoms with Gasteiger partial charge < -0.3 is 9.52 Å². The van der Waals surface area contributed by atoms with Crippen molar-refractivity contribution in [2.45, 2.75) is 38.8 Å². The molecule has 1 aromatic rings. The van der Waals surface area contributed by atoms with Gasteiger partial charge in [0.1, 0.15) is 11.8 Å². The standard InChI is InChI=1S/C13H19NO3/c1-2-10-5-6-14(12(8-10)13(15)16)9-11-4-3-7-17-11/h3-4,7,10,12H,2,5-6,8-9H2,1H3,(H,15,16). The van der Waals surface area contributed by atoms with Crippen molar-refractivity contribution < 1.29 is 14.3 Å². The Bertz CT molecular complexity index is 361. The second kappa shape index (κ2) is 5.36. The monoisotopic (exact) mass is 237 g/mol. The first-order valence-electron chi connectivity index (χ1n) is 6.20. The fraction of sp³-hybridized carbons (Fsp3) is 0.615. The molecule has 0 bridgehead atoms. The van der Waals surface area contributed by atoms with Crippen LogP contribution in [0.2, 0.25) is 0 Å². The summed E-state index contributed by atoms with van der Waals surface area (Å²) in [6.07, 6.45) is 4.54. The number of nitrogens with zero attached hydrogens (tertiary/aromatic N) is 1. The number of hydrogen-bond donors (Lipinski definition) is 1. The molecule has 1 aliphatic heterocycles. The Morgan fingerprint density at radius 1 is 1.65 bits per heavy atom. The van der Waals surface area contributed by atoms with Gasteiger partial charge in [0.05, 0.1) is 12.8 Å². The van der Waals surface area contributed by atoms with Crippen LogP contribution in [0.3, 0.4) is 0 Å². The fourth-order valence-corrected chi connectivity index (χ4v) is 2.51. The van der Waals surface area contributed by atoms with Crippen LogP contribution in [0.25, 0.3) is 0 Å². The Balaban J connectivity index is 2.02. The fourth-order valence-electron chi connectivity index (χ4n) is 2.51. The van der Waals surface area contributed by atoms with Gasteiger partial charge in [-0.2, -0.15) is 0 Å². The zero-order valence-electron chi connectivity index (χ0n) is 10.1. The molecule has 2 unspecified atom stereocenters. The summed E-state index contributed by atoms with van der Waals surface area (Å²) < 4.78 is 5.28. The Labute approximate surface area is 101 Å². The second-order valence-electron chi connectivity index (χ2n) is 4.70. The molecule has 0 amide bonds. The van der Waals surface area contributed by atoms with Crippen molar-refractivity contribution in [3.8, 4) is 0 Å². The topological polar surface area (TPSA) is 53.7 Å². The number of piperidine rings is 1. The summed E-state index contributed by atoms with van der Waals surface area (Å²) in [6, 6.07) is 3.37. The van der Waals surface area contributed by atoms with Crippen molar-refractivity contribution in [1.82, 2.24) is 4.90 Å². The van der Waals surface area contributed by atoms with Crippen LogP contribution in [-0.4, -0.2) is 28.6 Å². The van der Waals surface area contributed by atoms with Crippen molar-refractivity contribution in [3.63, 3.8) is 0 Å². The van der Waals surface area contributed by atoms with Crippen molar-refractivity contribution in [3.05, 3.63) is 24.2 Å². The van der Waals surface area contributed by atoms with Crippen LogP contribution in [0.1, 0.15) is 31.9 Å². The largest absolute Gasteiger partial charge is 0.480 e. The maximum atomic E-state index is 11.3. The summed E-state index contributed by atoms with van der Waals surface area (Å²) in [5.74, 6) is 0.671. The molecule has 2 heterocycles. The van der Waals surface area contributed by atoms with Gasteiger partial charge in [0.25, 0.3) is 0 Å². The van der Waals surface area contributed by atoms with E-state index in [4.69, 9.17) is 4.42 Å². The number of rotatable bonds is 4. The lowest BCUT2D eigenvalue weighted by Crippen LogP contribution is -2.46. The number of carboxylic acids is 1. The highest BCUT2D eigenvalue weighted by Gasteiger charge is 2.32. The number of carbonyl (C=O) groups is 1. The average Bonchev–Trinajstić information content (AvgIpc) is 2.82. The molecule has 0 aliphatic carbocycles. The summed E-state index contributed by atoms with van der Waals surface area (Å²) in [7, 11) is 0. The van der Waals surface area contributed by atoms with E-state index in [-0.39, 0.29) is 6.04 Å². The first-order chi connectivity index (χ1) is 8.20. The third kappa shape index (κ3) is 2.88. The van der Waals surface area contributed by atoms with E-state index in [0.29, 0.717) is 12.5 Å². The number of hydrogen-bond acceptors (Lipinski definition) is 3. The van der Waals surface area contributed by atoms with Crippen LogP contribution in [0.15, 0.2) is 22.8 Å². The molecule has 1 fully saturated rings. The summed E-state index contributed by atoms with van der Waals surface area (Å²) in [5.41, 5.74) is 0. The molecule has 0 saturated carbocycles. The van der Waals surface area contributed by atoms with E-state index in [1.165, 1.54) is 0 Å². The quantitative estimate of drug-likeness (QED) is 0.873. The molecule has 0 radical (unpaired) electrons. The van der Waals surface area contributed by atoms with Crippen LogP contribution < -0.4 is 0 Å². The highest BCUT2D eigenvalue weighted by Crippen LogP contribution is 2.26. The highest BCUT2D eigenvalue weighted by molar-refractivity contribution is 5.73. The SMILES string of the molecule is CCC1CCN(Cc2ccco2)C(C(=O)O)C1. The lowest BCUT2D eigenvalue weighted by molar-refractivity contribution is -0.145. The number of likely N-dealkylation sites (tertiary alicyclic amines) is 1. The van der Waals surface area contributed by atoms with Crippen LogP contribution in [0.4, 0.5) is 0 Å².